The van der Waals surface area contributed by atoms with E-state index >= 15 is 0 Å². The van der Waals surface area contributed by atoms with Gasteiger partial charge in [0.05, 0.1) is 10.7 Å². The number of anilines is 1. The largest absolute Gasteiger partial charge is 0.436 e. The molecule has 0 spiro atoms. The van der Waals surface area contributed by atoms with Crippen molar-refractivity contribution in [3.8, 4) is 0 Å². The van der Waals surface area contributed by atoms with Crippen molar-refractivity contribution in [1.82, 2.24) is 14.7 Å². The van der Waals surface area contributed by atoms with Gasteiger partial charge in [0.1, 0.15) is 6.54 Å². The lowest BCUT2D eigenvalue weighted by Crippen LogP contribution is -2.54. The Morgan fingerprint density at radius 1 is 1.21 bits per heavy atom. The van der Waals surface area contributed by atoms with Crippen molar-refractivity contribution < 1.29 is 18.0 Å². The van der Waals surface area contributed by atoms with Gasteiger partial charge in [0, 0.05) is 36.4 Å². The van der Waals surface area contributed by atoms with E-state index in [4.69, 9.17) is 23.2 Å². The second kappa shape index (κ2) is 7.83. The average molecular weight is 435 g/mol. The van der Waals surface area contributed by atoms with Crippen LogP contribution < -0.4 is 4.90 Å². The molecule has 1 aromatic heterocycles. The van der Waals surface area contributed by atoms with E-state index < -0.39 is 16.9 Å². The number of halogens is 5. The Hall–Kier alpha value is -1.93. The van der Waals surface area contributed by atoms with Crippen molar-refractivity contribution in [2.45, 2.75) is 32.6 Å². The number of carbonyl (C=O) groups excluding carboxylic acids is 1. The molecule has 0 N–H and O–H groups in total. The van der Waals surface area contributed by atoms with Gasteiger partial charge in [-0.05, 0) is 38.1 Å². The Balaban J connectivity index is 1.68. The minimum absolute atomic E-state index is 0.106. The van der Waals surface area contributed by atoms with E-state index in [-0.39, 0.29) is 24.2 Å². The van der Waals surface area contributed by atoms with E-state index in [0.717, 1.165) is 10.4 Å². The van der Waals surface area contributed by atoms with Gasteiger partial charge in [-0.25, -0.2) is 0 Å². The Labute approximate surface area is 170 Å². The van der Waals surface area contributed by atoms with Gasteiger partial charge in [-0.1, -0.05) is 23.2 Å². The Morgan fingerprint density at radius 2 is 1.86 bits per heavy atom. The first-order valence-corrected chi connectivity index (χ1v) is 9.43. The summed E-state index contributed by atoms with van der Waals surface area (Å²) in [4.78, 5) is 16.5. The van der Waals surface area contributed by atoms with Crippen LogP contribution in [0.3, 0.4) is 0 Å². The van der Waals surface area contributed by atoms with Crippen LogP contribution in [0.1, 0.15) is 18.3 Å². The molecule has 1 amide bonds. The van der Waals surface area contributed by atoms with Gasteiger partial charge < -0.3 is 9.80 Å². The van der Waals surface area contributed by atoms with Gasteiger partial charge in [0.25, 0.3) is 0 Å². The first-order valence-electron chi connectivity index (χ1n) is 8.68. The number of benzene rings is 1. The zero-order chi connectivity index (χ0) is 20.6. The number of rotatable bonds is 3. The Kier molecular flexibility index (Phi) is 5.82. The summed E-state index contributed by atoms with van der Waals surface area (Å²) < 4.78 is 39.9. The zero-order valence-corrected chi connectivity index (χ0v) is 16.8. The lowest BCUT2D eigenvalue weighted by atomic mass is 10.1. The average Bonchev–Trinajstić information content (AvgIpc) is 2.90. The van der Waals surface area contributed by atoms with E-state index in [0.29, 0.717) is 24.7 Å². The maximum absolute atomic E-state index is 13.0. The molecule has 0 bridgehead atoms. The van der Waals surface area contributed by atoms with Crippen molar-refractivity contribution >= 4 is 34.8 Å². The van der Waals surface area contributed by atoms with E-state index in [2.05, 4.69) is 10.00 Å². The summed E-state index contributed by atoms with van der Waals surface area (Å²) in [6, 6.07) is 7.34. The monoisotopic (exact) mass is 434 g/mol. The summed E-state index contributed by atoms with van der Waals surface area (Å²) in [5, 5.41) is 3.68. The van der Waals surface area contributed by atoms with Crippen LogP contribution in [-0.4, -0.2) is 46.3 Å². The molecule has 5 nitrogen and oxygen atoms in total. The highest BCUT2D eigenvalue weighted by molar-refractivity contribution is 6.32. The Morgan fingerprint density at radius 3 is 2.39 bits per heavy atom. The fourth-order valence-corrected chi connectivity index (χ4v) is 3.66. The fourth-order valence-electron chi connectivity index (χ4n) is 3.29. The third-order valence-electron chi connectivity index (χ3n) is 4.83. The van der Waals surface area contributed by atoms with E-state index in [1.165, 1.54) is 6.92 Å². The number of carbonyl (C=O) groups is 1. The van der Waals surface area contributed by atoms with E-state index in [9.17, 15) is 18.0 Å². The second-order valence-corrected chi connectivity index (χ2v) is 7.58. The molecule has 152 valence electrons. The van der Waals surface area contributed by atoms with Crippen LogP contribution in [0.25, 0.3) is 0 Å². The molecule has 1 aliphatic rings. The van der Waals surface area contributed by atoms with Crippen LogP contribution in [-0.2, 0) is 17.5 Å². The third-order valence-corrected chi connectivity index (χ3v) is 5.53. The predicted octanol–water partition coefficient (Wildman–Crippen LogP) is 4.25. The number of hydrogen-bond donors (Lipinski definition) is 0. The quantitative estimate of drug-likeness (QED) is 0.724. The molecule has 1 atom stereocenters. The highest BCUT2D eigenvalue weighted by Gasteiger charge is 2.38. The smallest absolute Gasteiger partial charge is 0.368 e. The van der Waals surface area contributed by atoms with Crippen molar-refractivity contribution in [2.24, 2.45) is 0 Å². The van der Waals surface area contributed by atoms with Crippen LogP contribution in [0.5, 0.6) is 0 Å². The summed E-state index contributed by atoms with van der Waals surface area (Å²) >= 11 is 11.7. The number of hydrogen-bond acceptors (Lipinski definition) is 3. The summed E-state index contributed by atoms with van der Waals surface area (Å²) in [5.41, 5.74) is -0.0391. The van der Waals surface area contributed by atoms with Crippen LogP contribution in [0, 0.1) is 6.92 Å². The van der Waals surface area contributed by atoms with E-state index in [1.54, 1.807) is 4.90 Å². The highest BCUT2D eigenvalue weighted by Crippen LogP contribution is 2.35. The molecule has 10 heteroatoms. The molecule has 1 aromatic carbocycles. The molecule has 0 saturated carbocycles. The molecule has 28 heavy (non-hydrogen) atoms. The molecule has 0 aliphatic carbocycles. The molecule has 2 aromatic rings. The zero-order valence-electron chi connectivity index (χ0n) is 15.3. The molecular formula is C18H19Cl2F3N4O. The molecule has 0 radical (unpaired) electrons. The van der Waals surface area contributed by atoms with Crippen LogP contribution in [0.15, 0.2) is 24.3 Å². The molecule has 3 rings (SSSR count). The third kappa shape index (κ3) is 4.22. The lowest BCUT2D eigenvalue weighted by Gasteiger charge is -2.41. The van der Waals surface area contributed by atoms with Gasteiger partial charge in [0.15, 0.2) is 5.69 Å². The number of amides is 1. The number of aromatic nitrogens is 2. The van der Waals surface area contributed by atoms with Gasteiger partial charge in [-0.15, -0.1) is 0 Å². The summed E-state index contributed by atoms with van der Waals surface area (Å²) in [6.07, 6.45) is -4.66. The number of alkyl halides is 3. The molecule has 0 unspecified atom stereocenters. The van der Waals surface area contributed by atoms with Crippen molar-refractivity contribution in [3.05, 3.63) is 45.7 Å². The van der Waals surface area contributed by atoms with Gasteiger partial charge in [-0.2, -0.15) is 18.3 Å². The van der Waals surface area contributed by atoms with Gasteiger partial charge in [0.2, 0.25) is 5.91 Å². The molecular weight excluding hydrogens is 416 g/mol. The summed E-state index contributed by atoms with van der Waals surface area (Å²) in [7, 11) is 0. The van der Waals surface area contributed by atoms with Crippen molar-refractivity contribution in [3.63, 3.8) is 0 Å². The molecule has 1 aliphatic heterocycles. The van der Waals surface area contributed by atoms with Crippen LogP contribution in [0.4, 0.5) is 18.9 Å². The van der Waals surface area contributed by atoms with Crippen molar-refractivity contribution in [2.75, 3.05) is 24.5 Å². The van der Waals surface area contributed by atoms with Crippen LogP contribution >= 0.6 is 23.2 Å². The maximum Gasteiger partial charge on any atom is 0.436 e. The minimum atomic E-state index is -4.66. The molecule has 1 fully saturated rings. The standard InChI is InChI=1S/C18H19Cl2F3N4O/c1-11-9-25(14-5-3-13(19)4-6-14)7-8-26(11)15(28)10-27-12(2)16(20)17(24-27)18(21,22)23/h3-6,11H,7-10H2,1-2H3/t11-/m0/s1. The normalized spacial score (nSPS) is 17.9. The van der Waals surface area contributed by atoms with Gasteiger partial charge in [-0.3, -0.25) is 9.48 Å². The van der Waals surface area contributed by atoms with E-state index in [1.807, 2.05) is 31.2 Å². The maximum atomic E-state index is 13.0. The van der Waals surface area contributed by atoms with Crippen LogP contribution in [0.2, 0.25) is 10.0 Å². The summed E-state index contributed by atoms with van der Waals surface area (Å²) in [5.74, 6) is -0.292. The molecule has 1 saturated heterocycles. The second-order valence-electron chi connectivity index (χ2n) is 6.76. The summed E-state index contributed by atoms with van der Waals surface area (Å²) in [6.45, 7) is 4.73. The molecule has 2 heterocycles. The fraction of sp³-hybridized carbons (Fsp3) is 0.444. The van der Waals surface area contributed by atoms with Gasteiger partial charge >= 0.3 is 6.18 Å². The highest BCUT2D eigenvalue weighted by atomic mass is 35.5. The first-order chi connectivity index (χ1) is 13.1. The topological polar surface area (TPSA) is 41.4 Å². The van der Waals surface area contributed by atoms with Crippen molar-refractivity contribution in [1.29, 1.82) is 0 Å². The Bertz CT molecular complexity index is 867. The number of piperazine rings is 1. The first kappa shape index (κ1) is 20.8. The minimum Gasteiger partial charge on any atom is -0.368 e. The number of nitrogens with zero attached hydrogens (tertiary/aromatic N) is 4. The lowest BCUT2D eigenvalue weighted by molar-refractivity contribution is -0.142. The SMILES string of the molecule is Cc1c(Cl)c(C(F)(F)F)nn1CC(=O)N1CCN(c2ccc(Cl)cc2)C[C@@H]1C. The predicted molar refractivity (Wildman–Crippen MR) is 102 cm³/mol.